The van der Waals surface area contributed by atoms with Crippen LogP contribution in [0, 0.1) is 0 Å². The summed E-state index contributed by atoms with van der Waals surface area (Å²) < 4.78 is 5.40. The van der Waals surface area contributed by atoms with Crippen molar-refractivity contribution < 1.29 is 9.21 Å². The van der Waals surface area contributed by atoms with Crippen LogP contribution in [0.25, 0.3) is 0 Å². The van der Waals surface area contributed by atoms with Crippen LogP contribution < -0.4 is 5.73 Å². The molecule has 1 aromatic heterocycles. The Labute approximate surface area is 102 Å². The van der Waals surface area contributed by atoms with Gasteiger partial charge in [-0.2, -0.15) is 0 Å². The molecule has 1 saturated heterocycles. The van der Waals surface area contributed by atoms with E-state index in [1.165, 1.54) is 19.3 Å². The van der Waals surface area contributed by atoms with Crippen molar-refractivity contribution >= 4 is 5.91 Å². The maximum Gasteiger partial charge on any atom is 0.289 e. The summed E-state index contributed by atoms with van der Waals surface area (Å²) in [5.74, 6) is 1.10. The fourth-order valence-electron chi connectivity index (χ4n) is 2.21. The van der Waals surface area contributed by atoms with Gasteiger partial charge < -0.3 is 15.1 Å². The summed E-state index contributed by atoms with van der Waals surface area (Å²) in [6, 6.07) is 3.50. The second kappa shape index (κ2) is 5.87. The molecule has 2 N–H and O–H groups in total. The van der Waals surface area contributed by atoms with Gasteiger partial charge in [0.1, 0.15) is 5.76 Å². The fourth-order valence-corrected chi connectivity index (χ4v) is 2.21. The predicted molar refractivity (Wildman–Crippen MR) is 65.6 cm³/mol. The van der Waals surface area contributed by atoms with E-state index < -0.39 is 0 Å². The molecule has 4 nitrogen and oxygen atoms in total. The Hall–Kier alpha value is -1.29. The normalized spacial score (nSPS) is 17.6. The van der Waals surface area contributed by atoms with Gasteiger partial charge in [0, 0.05) is 13.1 Å². The third-order valence-electron chi connectivity index (χ3n) is 3.22. The molecule has 94 valence electrons. The van der Waals surface area contributed by atoms with Crippen LogP contribution in [-0.4, -0.2) is 23.9 Å². The largest absolute Gasteiger partial charge is 0.455 e. The highest BCUT2D eigenvalue weighted by atomic mass is 16.4. The molecule has 2 heterocycles. The quantitative estimate of drug-likeness (QED) is 0.855. The Balaban J connectivity index is 2.01. The zero-order valence-corrected chi connectivity index (χ0v) is 10.2. The number of nitrogens with two attached hydrogens (primary N) is 1. The summed E-state index contributed by atoms with van der Waals surface area (Å²) in [5, 5.41) is 0. The standard InChI is InChI=1S/C13H20N2O2/c14-10-11-6-7-12(17-11)13(16)15-8-4-2-1-3-5-9-15/h6-7H,1-5,8-10,14H2. The number of likely N-dealkylation sites (tertiary alicyclic amines) is 1. The summed E-state index contributed by atoms with van der Waals surface area (Å²) >= 11 is 0. The number of amides is 1. The first-order chi connectivity index (χ1) is 8.31. The molecule has 2 rings (SSSR count). The third-order valence-corrected chi connectivity index (χ3v) is 3.22. The molecule has 1 fully saturated rings. The average molecular weight is 236 g/mol. The van der Waals surface area contributed by atoms with Crippen molar-refractivity contribution in [2.75, 3.05) is 13.1 Å². The monoisotopic (exact) mass is 236 g/mol. The molecule has 0 atom stereocenters. The van der Waals surface area contributed by atoms with Gasteiger partial charge in [0.2, 0.25) is 0 Å². The van der Waals surface area contributed by atoms with Gasteiger partial charge in [-0.25, -0.2) is 0 Å². The molecule has 1 aromatic rings. The molecular weight excluding hydrogens is 216 g/mol. The lowest BCUT2D eigenvalue weighted by atomic mass is 10.1. The van der Waals surface area contributed by atoms with Crippen LogP contribution in [0.5, 0.6) is 0 Å². The van der Waals surface area contributed by atoms with Gasteiger partial charge in [-0.15, -0.1) is 0 Å². The van der Waals surface area contributed by atoms with Crippen molar-refractivity contribution in [3.63, 3.8) is 0 Å². The van der Waals surface area contributed by atoms with E-state index in [0.717, 1.165) is 25.9 Å². The van der Waals surface area contributed by atoms with E-state index in [2.05, 4.69) is 0 Å². The first-order valence-electron chi connectivity index (χ1n) is 6.39. The van der Waals surface area contributed by atoms with Crippen molar-refractivity contribution in [1.29, 1.82) is 0 Å². The molecule has 1 aliphatic rings. The van der Waals surface area contributed by atoms with Crippen molar-refractivity contribution in [3.8, 4) is 0 Å². The second-order valence-corrected chi connectivity index (χ2v) is 4.53. The van der Waals surface area contributed by atoms with E-state index in [9.17, 15) is 4.79 Å². The molecule has 0 saturated carbocycles. The van der Waals surface area contributed by atoms with Crippen LogP contribution >= 0.6 is 0 Å². The molecule has 0 aromatic carbocycles. The second-order valence-electron chi connectivity index (χ2n) is 4.53. The number of hydrogen-bond donors (Lipinski definition) is 1. The first-order valence-corrected chi connectivity index (χ1v) is 6.39. The van der Waals surface area contributed by atoms with E-state index >= 15 is 0 Å². The topological polar surface area (TPSA) is 59.5 Å². The van der Waals surface area contributed by atoms with Gasteiger partial charge in [-0.1, -0.05) is 19.3 Å². The van der Waals surface area contributed by atoms with Gasteiger partial charge in [0.05, 0.1) is 6.54 Å². The van der Waals surface area contributed by atoms with Gasteiger partial charge in [0.25, 0.3) is 5.91 Å². The van der Waals surface area contributed by atoms with Gasteiger partial charge in [-0.3, -0.25) is 4.79 Å². The first kappa shape index (κ1) is 12.2. The van der Waals surface area contributed by atoms with Crippen molar-refractivity contribution in [2.45, 2.75) is 38.6 Å². The molecule has 1 aliphatic heterocycles. The maximum absolute atomic E-state index is 12.2. The number of carbonyl (C=O) groups is 1. The summed E-state index contributed by atoms with van der Waals surface area (Å²) in [5.41, 5.74) is 5.47. The Morgan fingerprint density at radius 3 is 2.41 bits per heavy atom. The molecule has 17 heavy (non-hydrogen) atoms. The minimum atomic E-state index is 0.00611. The molecule has 0 unspecified atom stereocenters. The van der Waals surface area contributed by atoms with Crippen LogP contribution in [0.2, 0.25) is 0 Å². The Morgan fingerprint density at radius 1 is 1.18 bits per heavy atom. The minimum Gasteiger partial charge on any atom is -0.455 e. The van der Waals surface area contributed by atoms with Crippen LogP contribution in [0.3, 0.4) is 0 Å². The molecule has 1 amide bonds. The zero-order valence-electron chi connectivity index (χ0n) is 10.2. The fraction of sp³-hybridized carbons (Fsp3) is 0.615. The lowest BCUT2D eigenvalue weighted by Crippen LogP contribution is -2.33. The van der Waals surface area contributed by atoms with E-state index in [1.807, 2.05) is 4.90 Å². The highest BCUT2D eigenvalue weighted by molar-refractivity contribution is 5.91. The summed E-state index contributed by atoms with van der Waals surface area (Å²) in [4.78, 5) is 14.1. The van der Waals surface area contributed by atoms with Gasteiger partial charge >= 0.3 is 0 Å². The number of hydrogen-bond acceptors (Lipinski definition) is 3. The Morgan fingerprint density at radius 2 is 1.82 bits per heavy atom. The van der Waals surface area contributed by atoms with Crippen LogP contribution in [-0.2, 0) is 6.54 Å². The minimum absolute atomic E-state index is 0.00611. The van der Waals surface area contributed by atoms with E-state index in [-0.39, 0.29) is 5.91 Å². The van der Waals surface area contributed by atoms with E-state index in [0.29, 0.717) is 18.1 Å². The van der Waals surface area contributed by atoms with Gasteiger partial charge in [-0.05, 0) is 25.0 Å². The average Bonchev–Trinajstić information content (AvgIpc) is 2.76. The zero-order chi connectivity index (χ0) is 12.1. The number of rotatable bonds is 2. The van der Waals surface area contributed by atoms with Crippen LogP contribution in [0.4, 0.5) is 0 Å². The van der Waals surface area contributed by atoms with Crippen molar-refractivity contribution in [1.82, 2.24) is 4.90 Å². The Kier molecular flexibility index (Phi) is 4.20. The number of furan rings is 1. The van der Waals surface area contributed by atoms with Crippen molar-refractivity contribution in [2.24, 2.45) is 5.73 Å². The highest BCUT2D eigenvalue weighted by Crippen LogP contribution is 2.15. The smallest absolute Gasteiger partial charge is 0.289 e. The molecule has 0 bridgehead atoms. The number of carbonyl (C=O) groups excluding carboxylic acids is 1. The SMILES string of the molecule is NCc1ccc(C(=O)N2CCCCCCC2)o1. The lowest BCUT2D eigenvalue weighted by Gasteiger charge is -2.23. The van der Waals surface area contributed by atoms with Crippen LogP contribution in [0.15, 0.2) is 16.5 Å². The third kappa shape index (κ3) is 3.09. The molecule has 0 aliphatic carbocycles. The predicted octanol–water partition coefficient (Wildman–Crippen LogP) is 2.14. The summed E-state index contributed by atoms with van der Waals surface area (Å²) in [7, 11) is 0. The molecule has 0 spiro atoms. The lowest BCUT2D eigenvalue weighted by molar-refractivity contribution is 0.0708. The van der Waals surface area contributed by atoms with E-state index in [1.54, 1.807) is 12.1 Å². The van der Waals surface area contributed by atoms with E-state index in [4.69, 9.17) is 10.2 Å². The van der Waals surface area contributed by atoms with Gasteiger partial charge in [0.15, 0.2) is 5.76 Å². The molecule has 4 heteroatoms. The maximum atomic E-state index is 12.2. The van der Waals surface area contributed by atoms with Crippen LogP contribution in [0.1, 0.15) is 48.4 Å². The highest BCUT2D eigenvalue weighted by Gasteiger charge is 2.19. The molecule has 0 radical (unpaired) electrons. The summed E-state index contributed by atoms with van der Waals surface area (Å²) in [6.07, 6.45) is 5.92. The van der Waals surface area contributed by atoms with Crippen molar-refractivity contribution in [3.05, 3.63) is 23.7 Å². The summed E-state index contributed by atoms with van der Waals surface area (Å²) in [6.45, 7) is 2.03. The Bertz CT molecular complexity index is 365. The molecular formula is C13H20N2O2. The number of nitrogens with zero attached hydrogens (tertiary/aromatic N) is 1.